The molecule has 0 saturated heterocycles. The number of hydrogen-bond donors (Lipinski definition) is 1. The lowest BCUT2D eigenvalue weighted by molar-refractivity contribution is 0.352. The molecule has 21 heavy (non-hydrogen) atoms. The molecule has 0 aromatic heterocycles. The quantitative estimate of drug-likeness (QED) is 0.890. The lowest BCUT2D eigenvalue weighted by atomic mass is 10.1. The first-order valence-electron chi connectivity index (χ1n) is 6.33. The van der Waals surface area contributed by atoms with Crippen molar-refractivity contribution < 1.29 is 9.47 Å². The summed E-state index contributed by atoms with van der Waals surface area (Å²) in [7, 11) is 3.22. The van der Waals surface area contributed by atoms with Crippen molar-refractivity contribution in [3.8, 4) is 17.6 Å². The number of rotatable bonds is 5. The minimum atomic E-state index is 0.533. The molecule has 0 aliphatic heterocycles. The molecule has 0 aliphatic rings. The predicted molar refractivity (Wildman–Crippen MR) is 85.7 cm³/mol. The Labute approximate surface area is 132 Å². The Morgan fingerprint density at radius 2 is 2.00 bits per heavy atom. The van der Waals surface area contributed by atoms with Crippen molar-refractivity contribution in [2.45, 2.75) is 6.54 Å². The summed E-state index contributed by atoms with van der Waals surface area (Å²) in [5.74, 6) is 1.38. The van der Waals surface area contributed by atoms with Crippen LogP contribution < -0.4 is 14.8 Å². The van der Waals surface area contributed by atoms with Gasteiger partial charge in [-0.25, -0.2) is 0 Å². The molecule has 0 heterocycles. The van der Waals surface area contributed by atoms with Crippen molar-refractivity contribution in [3.05, 3.63) is 52.0 Å². The summed E-state index contributed by atoms with van der Waals surface area (Å²) in [5, 5.41) is 12.4. The summed E-state index contributed by atoms with van der Waals surface area (Å²) < 4.78 is 11.6. The zero-order valence-corrected chi connectivity index (χ0v) is 13.4. The van der Waals surface area contributed by atoms with Crippen LogP contribution in [-0.4, -0.2) is 14.2 Å². The van der Waals surface area contributed by atoms with Gasteiger partial charge in [0.2, 0.25) is 0 Å². The zero-order valence-electron chi connectivity index (χ0n) is 11.8. The molecule has 0 amide bonds. The first kappa shape index (κ1) is 15.2. The maximum Gasteiger partial charge on any atom is 0.165 e. The smallest absolute Gasteiger partial charge is 0.165 e. The van der Waals surface area contributed by atoms with Crippen molar-refractivity contribution in [2.24, 2.45) is 0 Å². The van der Waals surface area contributed by atoms with Crippen LogP contribution in [0.5, 0.6) is 11.5 Å². The van der Waals surface area contributed by atoms with Crippen LogP contribution in [0.3, 0.4) is 0 Å². The second-order valence-electron chi connectivity index (χ2n) is 4.31. The van der Waals surface area contributed by atoms with E-state index in [0.29, 0.717) is 23.6 Å². The standard InChI is InChI=1S/C16H15BrN2O2/c1-20-15-5-3-4-12(16(15)21-2)10-19-14-8-13(17)7-6-11(14)9-18/h3-8,19H,10H2,1-2H3. The molecule has 2 aromatic carbocycles. The van der Waals surface area contributed by atoms with Crippen LogP contribution in [0.4, 0.5) is 5.69 Å². The molecule has 0 aliphatic carbocycles. The molecule has 1 N–H and O–H groups in total. The molecule has 108 valence electrons. The van der Waals surface area contributed by atoms with E-state index in [9.17, 15) is 0 Å². The number of benzene rings is 2. The fourth-order valence-corrected chi connectivity index (χ4v) is 2.40. The molecule has 2 aromatic rings. The first-order chi connectivity index (χ1) is 10.2. The van der Waals surface area contributed by atoms with Gasteiger partial charge in [0.05, 0.1) is 25.5 Å². The highest BCUT2D eigenvalue weighted by Gasteiger charge is 2.10. The van der Waals surface area contributed by atoms with Gasteiger partial charge >= 0.3 is 0 Å². The molecule has 0 atom stereocenters. The van der Waals surface area contributed by atoms with E-state index >= 15 is 0 Å². The summed E-state index contributed by atoms with van der Waals surface area (Å²) in [6, 6.07) is 13.4. The molecular formula is C16H15BrN2O2. The zero-order chi connectivity index (χ0) is 15.2. The van der Waals surface area contributed by atoms with Gasteiger partial charge in [-0.2, -0.15) is 5.26 Å². The Balaban J connectivity index is 2.25. The van der Waals surface area contributed by atoms with E-state index in [1.165, 1.54) is 0 Å². The summed E-state index contributed by atoms with van der Waals surface area (Å²) >= 11 is 3.41. The number of nitrogens with one attached hydrogen (secondary N) is 1. The third kappa shape index (κ3) is 3.47. The molecule has 0 radical (unpaired) electrons. The summed E-state index contributed by atoms with van der Waals surface area (Å²) in [5.41, 5.74) is 2.33. The molecule has 0 unspecified atom stereocenters. The average molecular weight is 347 g/mol. The van der Waals surface area contributed by atoms with E-state index in [4.69, 9.17) is 14.7 Å². The molecule has 0 spiro atoms. The van der Waals surface area contributed by atoms with E-state index in [1.54, 1.807) is 20.3 Å². The molecule has 5 heteroatoms. The number of methoxy groups -OCH3 is 2. The fourth-order valence-electron chi connectivity index (χ4n) is 2.04. The predicted octanol–water partition coefficient (Wildman–Crippen LogP) is 3.95. The first-order valence-corrected chi connectivity index (χ1v) is 7.12. The molecule has 4 nitrogen and oxygen atoms in total. The highest BCUT2D eigenvalue weighted by atomic mass is 79.9. The van der Waals surface area contributed by atoms with Gasteiger partial charge in [-0.15, -0.1) is 0 Å². The number of hydrogen-bond acceptors (Lipinski definition) is 4. The Morgan fingerprint density at radius 1 is 1.19 bits per heavy atom. The van der Waals surface area contributed by atoms with Gasteiger partial charge in [0.25, 0.3) is 0 Å². The van der Waals surface area contributed by atoms with Gasteiger partial charge < -0.3 is 14.8 Å². The fraction of sp³-hybridized carbons (Fsp3) is 0.188. The monoisotopic (exact) mass is 346 g/mol. The van der Waals surface area contributed by atoms with Crippen molar-refractivity contribution in [2.75, 3.05) is 19.5 Å². The van der Waals surface area contributed by atoms with Gasteiger partial charge in [-0.3, -0.25) is 0 Å². The molecule has 0 fully saturated rings. The van der Waals surface area contributed by atoms with Gasteiger partial charge in [-0.05, 0) is 24.3 Å². The van der Waals surface area contributed by atoms with Crippen LogP contribution in [0.1, 0.15) is 11.1 Å². The Hall–Kier alpha value is -2.19. The molecular weight excluding hydrogens is 332 g/mol. The summed E-state index contributed by atoms with van der Waals surface area (Å²) in [6.45, 7) is 0.533. The summed E-state index contributed by atoms with van der Waals surface area (Å²) in [4.78, 5) is 0. The molecule has 0 saturated carbocycles. The molecule has 0 bridgehead atoms. The minimum absolute atomic E-state index is 0.533. The van der Waals surface area contributed by atoms with Gasteiger partial charge in [0, 0.05) is 16.6 Å². The van der Waals surface area contributed by atoms with Crippen LogP contribution in [0.25, 0.3) is 0 Å². The van der Waals surface area contributed by atoms with Crippen LogP contribution in [-0.2, 0) is 6.54 Å². The molecule has 2 rings (SSSR count). The van der Waals surface area contributed by atoms with E-state index in [-0.39, 0.29) is 0 Å². The van der Waals surface area contributed by atoms with Crippen molar-refractivity contribution in [1.29, 1.82) is 5.26 Å². The van der Waals surface area contributed by atoms with Crippen LogP contribution in [0.2, 0.25) is 0 Å². The van der Waals surface area contributed by atoms with Crippen LogP contribution in [0, 0.1) is 11.3 Å². The number of halogens is 1. The average Bonchev–Trinajstić information content (AvgIpc) is 2.52. The highest BCUT2D eigenvalue weighted by molar-refractivity contribution is 9.10. The highest BCUT2D eigenvalue weighted by Crippen LogP contribution is 2.31. The maximum absolute atomic E-state index is 9.14. The lowest BCUT2D eigenvalue weighted by Gasteiger charge is -2.14. The Morgan fingerprint density at radius 3 is 2.67 bits per heavy atom. The van der Waals surface area contributed by atoms with Gasteiger partial charge in [0.1, 0.15) is 6.07 Å². The van der Waals surface area contributed by atoms with Crippen molar-refractivity contribution in [1.82, 2.24) is 0 Å². The number of anilines is 1. The van der Waals surface area contributed by atoms with Crippen LogP contribution >= 0.6 is 15.9 Å². The lowest BCUT2D eigenvalue weighted by Crippen LogP contribution is -2.04. The van der Waals surface area contributed by atoms with E-state index in [0.717, 1.165) is 15.7 Å². The topological polar surface area (TPSA) is 54.3 Å². The Kier molecular flexibility index (Phi) is 5.07. The van der Waals surface area contributed by atoms with E-state index in [2.05, 4.69) is 27.3 Å². The second-order valence-corrected chi connectivity index (χ2v) is 5.22. The van der Waals surface area contributed by atoms with E-state index in [1.807, 2.05) is 30.3 Å². The third-order valence-corrected chi connectivity index (χ3v) is 3.55. The largest absolute Gasteiger partial charge is 0.493 e. The normalized spacial score (nSPS) is 9.81. The van der Waals surface area contributed by atoms with Crippen molar-refractivity contribution >= 4 is 21.6 Å². The van der Waals surface area contributed by atoms with Crippen molar-refractivity contribution in [3.63, 3.8) is 0 Å². The number of ether oxygens (including phenoxy) is 2. The second kappa shape index (κ2) is 7.00. The third-order valence-electron chi connectivity index (χ3n) is 3.06. The minimum Gasteiger partial charge on any atom is -0.493 e. The number of nitriles is 1. The van der Waals surface area contributed by atoms with Crippen LogP contribution in [0.15, 0.2) is 40.9 Å². The summed E-state index contributed by atoms with van der Waals surface area (Å²) in [6.07, 6.45) is 0. The number of para-hydroxylation sites is 1. The SMILES string of the molecule is COc1cccc(CNc2cc(Br)ccc2C#N)c1OC. The Bertz CT molecular complexity index is 680. The van der Waals surface area contributed by atoms with E-state index < -0.39 is 0 Å². The maximum atomic E-state index is 9.14. The number of nitrogens with zero attached hydrogens (tertiary/aromatic N) is 1. The van der Waals surface area contributed by atoms with Gasteiger partial charge in [-0.1, -0.05) is 28.1 Å². The van der Waals surface area contributed by atoms with Gasteiger partial charge in [0.15, 0.2) is 11.5 Å².